The number of carbonyl (C=O) groups excluding carboxylic acids is 1. The van der Waals surface area contributed by atoms with Gasteiger partial charge < -0.3 is 0 Å². The predicted molar refractivity (Wildman–Crippen MR) is 69.3 cm³/mol. The Morgan fingerprint density at radius 1 is 0.950 bits per heavy atom. The molecule has 0 radical (unpaired) electrons. The van der Waals surface area contributed by atoms with Crippen molar-refractivity contribution >= 4 is 16.8 Å². The molecular weight excluding hydrogens is 262 g/mol. The van der Waals surface area contributed by atoms with Crippen LogP contribution in [-0.4, -0.2) is 15.8 Å². The molecule has 3 aromatic rings. The zero-order valence-corrected chi connectivity index (χ0v) is 10.2. The first-order valence-corrected chi connectivity index (χ1v) is 5.86. The van der Waals surface area contributed by atoms with Gasteiger partial charge in [0.15, 0.2) is 5.78 Å². The summed E-state index contributed by atoms with van der Waals surface area (Å²) in [6.07, 6.45) is 2.97. The standard InChI is InChI=1S/C15H8F2N2O/c16-9-4-5-10(12(17)8-9)15(20)11-2-1-3-13-14(11)19-7-6-18-13/h1-8H. The van der Waals surface area contributed by atoms with Crippen molar-refractivity contribution in [2.45, 2.75) is 0 Å². The van der Waals surface area contributed by atoms with E-state index in [-0.39, 0.29) is 11.1 Å². The number of aromatic nitrogens is 2. The number of carbonyl (C=O) groups is 1. The molecule has 5 heteroatoms. The van der Waals surface area contributed by atoms with Crippen LogP contribution in [0, 0.1) is 11.6 Å². The van der Waals surface area contributed by atoms with Crippen LogP contribution in [-0.2, 0) is 0 Å². The molecule has 0 aliphatic heterocycles. The molecule has 0 aliphatic carbocycles. The second kappa shape index (κ2) is 4.77. The van der Waals surface area contributed by atoms with Gasteiger partial charge in [-0.1, -0.05) is 6.07 Å². The molecule has 1 heterocycles. The number of ketones is 1. The van der Waals surface area contributed by atoms with E-state index in [0.29, 0.717) is 17.1 Å². The third kappa shape index (κ3) is 2.03. The number of hydrogen-bond donors (Lipinski definition) is 0. The summed E-state index contributed by atoms with van der Waals surface area (Å²) in [5.41, 5.74) is 0.982. The van der Waals surface area contributed by atoms with Crippen LogP contribution in [0.5, 0.6) is 0 Å². The second-order valence-electron chi connectivity index (χ2n) is 4.18. The molecule has 1 aromatic heterocycles. The average Bonchev–Trinajstić information content (AvgIpc) is 2.46. The molecule has 20 heavy (non-hydrogen) atoms. The minimum atomic E-state index is -0.893. The summed E-state index contributed by atoms with van der Waals surface area (Å²) in [6.45, 7) is 0. The molecule has 0 fully saturated rings. The van der Waals surface area contributed by atoms with E-state index in [4.69, 9.17) is 0 Å². The zero-order valence-electron chi connectivity index (χ0n) is 10.2. The molecule has 0 amide bonds. The van der Waals surface area contributed by atoms with Crippen LogP contribution in [0.15, 0.2) is 48.8 Å². The third-order valence-electron chi connectivity index (χ3n) is 2.92. The van der Waals surface area contributed by atoms with Crippen molar-refractivity contribution in [3.05, 3.63) is 71.6 Å². The van der Waals surface area contributed by atoms with Crippen LogP contribution in [0.1, 0.15) is 15.9 Å². The Kier molecular flexibility index (Phi) is 2.95. The van der Waals surface area contributed by atoms with Crippen molar-refractivity contribution in [3.8, 4) is 0 Å². The van der Waals surface area contributed by atoms with Crippen molar-refractivity contribution in [2.75, 3.05) is 0 Å². The van der Waals surface area contributed by atoms with Crippen molar-refractivity contribution in [1.29, 1.82) is 0 Å². The molecule has 0 atom stereocenters. The van der Waals surface area contributed by atoms with Gasteiger partial charge in [0.1, 0.15) is 11.6 Å². The number of fused-ring (bicyclic) bond motifs is 1. The topological polar surface area (TPSA) is 42.9 Å². The van der Waals surface area contributed by atoms with E-state index in [2.05, 4.69) is 9.97 Å². The lowest BCUT2D eigenvalue weighted by atomic mass is 10.0. The van der Waals surface area contributed by atoms with Crippen LogP contribution in [0.3, 0.4) is 0 Å². The first kappa shape index (κ1) is 12.3. The van der Waals surface area contributed by atoms with Crippen LogP contribution in [0.2, 0.25) is 0 Å². The first-order chi connectivity index (χ1) is 9.66. The summed E-state index contributed by atoms with van der Waals surface area (Å²) >= 11 is 0. The Balaban J connectivity index is 2.18. The summed E-state index contributed by atoms with van der Waals surface area (Å²) in [5.74, 6) is -2.17. The average molecular weight is 270 g/mol. The number of halogens is 2. The lowest BCUT2D eigenvalue weighted by Gasteiger charge is -2.05. The predicted octanol–water partition coefficient (Wildman–Crippen LogP) is 3.14. The summed E-state index contributed by atoms with van der Waals surface area (Å²) in [7, 11) is 0. The minimum absolute atomic E-state index is 0.190. The number of benzene rings is 2. The molecule has 2 aromatic carbocycles. The highest BCUT2D eigenvalue weighted by Crippen LogP contribution is 2.20. The number of rotatable bonds is 2. The Morgan fingerprint density at radius 3 is 2.55 bits per heavy atom. The van der Waals surface area contributed by atoms with E-state index in [1.165, 1.54) is 12.4 Å². The Hall–Kier alpha value is -2.69. The molecule has 3 nitrogen and oxygen atoms in total. The second-order valence-corrected chi connectivity index (χ2v) is 4.18. The molecular formula is C15H8F2N2O. The first-order valence-electron chi connectivity index (χ1n) is 5.86. The summed E-state index contributed by atoms with van der Waals surface area (Å²) in [4.78, 5) is 20.5. The molecule has 0 bridgehead atoms. The lowest BCUT2D eigenvalue weighted by Crippen LogP contribution is -2.06. The molecule has 0 aliphatic rings. The van der Waals surface area contributed by atoms with Gasteiger partial charge in [0.25, 0.3) is 0 Å². The van der Waals surface area contributed by atoms with Crippen molar-refractivity contribution in [2.24, 2.45) is 0 Å². The SMILES string of the molecule is O=C(c1ccc(F)cc1F)c1cccc2nccnc12. The van der Waals surface area contributed by atoms with Crippen LogP contribution in [0.4, 0.5) is 8.78 Å². The smallest absolute Gasteiger partial charge is 0.198 e. The molecule has 0 spiro atoms. The van der Waals surface area contributed by atoms with E-state index >= 15 is 0 Å². The van der Waals surface area contributed by atoms with Crippen LogP contribution in [0.25, 0.3) is 11.0 Å². The van der Waals surface area contributed by atoms with E-state index in [1.807, 2.05) is 0 Å². The zero-order chi connectivity index (χ0) is 14.1. The van der Waals surface area contributed by atoms with Crippen LogP contribution >= 0.6 is 0 Å². The van der Waals surface area contributed by atoms with Gasteiger partial charge in [0.2, 0.25) is 0 Å². The van der Waals surface area contributed by atoms with Gasteiger partial charge in [-0.25, -0.2) is 8.78 Å². The highest BCUT2D eigenvalue weighted by molar-refractivity contribution is 6.15. The molecule has 0 saturated carbocycles. The maximum atomic E-state index is 13.7. The van der Waals surface area contributed by atoms with Crippen molar-refractivity contribution in [1.82, 2.24) is 9.97 Å². The molecule has 98 valence electrons. The third-order valence-corrected chi connectivity index (χ3v) is 2.92. The Labute approximate surface area is 112 Å². The quantitative estimate of drug-likeness (QED) is 0.672. The van der Waals surface area contributed by atoms with E-state index in [1.54, 1.807) is 18.2 Å². The largest absolute Gasteiger partial charge is 0.288 e. The number of para-hydroxylation sites is 1. The van der Waals surface area contributed by atoms with Gasteiger partial charge in [0, 0.05) is 18.5 Å². The number of nitrogens with zero attached hydrogens (tertiary/aromatic N) is 2. The fourth-order valence-corrected chi connectivity index (χ4v) is 1.99. The fraction of sp³-hybridized carbons (Fsp3) is 0. The summed E-state index contributed by atoms with van der Waals surface area (Å²) in [6, 6.07) is 7.76. The Morgan fingerprint density at radius 2 is 1.75 bits per heavy atom. The van der Waals surface area contributed by atoms with Crippen molar-refractivity contribution in [3.63, 3.8) is 0 Å². The number of hydrogen-bond acceptors (Lipinski definition) is 3. The normalized spacial score (nSPS) is 10.7. The lowest BCUT2D eigenvalue weighted by molar-refractivity contribution is 0.103. The van der Waals surface area contributed by atoms with Gasteiger partial charge in [-0.2, -0.15) is 0 Å². The van der Waals surface area contributed by atoms with Gasteiger partial charge in [-0.05, 0) is 24.3 Å². The highest BCUT2D eigenvalue weighted by atomic mass is 19.1. The molecule has 0 unspecified atom stereocenters. The highest BCUT2D eigenvalue weighted by Gasteiger charge is 2.17. The van der Waals surface area contributed by atoms with Crippen LogP contribution < -0.4 is 0 Å². The fourth-order valence-electron chi connectivity index (χ4n) is 1.99. The van der Waals surface area contributed by atoms with E-state index in [0.717, 1.165) is 12.1 Å². The monoisotopic (exact) mass is 270 g/mol. The molecule has 0 saturated heterocycles. The van der Waals surface area contributed by atoms with Crippen molar-refractivity contribution < 1.29 is 13.6 Å². The Bertz CT molecular complexity index is 813. The summed E-state index contributed by atoms with van der Waals surface area (Å²) in [5, 5.41) is 0. The maximum Gasteiger partial charge on any atom is 0.198 e. The molecule has 3 rings (SSSR count). The minimum Gasteiger partial charge on any atom is -0.288 e. The van der Waals surface area contributed by atoms with Gasteiger partial charge in [0.05, 0.1) is 22.2 Å². The van der Waals surface area contributed by atoms with Gasteiger partial charge in [-0.3, -0.25) is 14.8 Å². The summed E-state index contributed by atoms with van der Waals surface area (Å²) < 4.78 is 26.6. The van der Waals surface area contributed by atoms with Gasteiger partial charge >= 0.3 is 0 Å². The molecule has 0 N–H and O–H groups in total. The van der Waals surface area contributed by atoms with E-state index < -0.39 is 17.4 Å². The van der Waals surface area contributed by atoms with Gasteiger partial charge in [-0.15, -0.1) is 0 Å². The van der Waals surface area contributed by atoms with E-state index in [9.17, 15) is 13.6 Å². The maximum absolute atomic E-state index is 13.7.